The van der Waals surface area contributed by atoms with Gasteiger partial charge in [0.15, 0.2) is 69.8 Å². The molecule has 12 aromatic heterocycles. The molecular weight excluding hydrogens is 1870 g/mol. The Morgan fingerprint density at radius 3 is 0.297 bits per heavy atom. The predicted octanol–water partition coefficient (Wildman–Crippen LogP) is 20.4. The maximum absolute atomic E-state index is 9.75. The van der Waals surface area contributed by atoms with Crippen LogP contribution < -0.4 is 56.0 Å². The first kappa shape index (κ1) is 114. The SMILES string of the molecule is CC#N.CC#N.CN(c1ccccn1)[PH+](N(C)c1ccccn1)N(C)c1ccccn1.CN(c1ccccn1)[PH+](N(C)c1ccccn1)N(C)c1ccccn1.CN(c1ccccn1)[PH+](N(C)c1ccccn1)N(C)c1ccccn1.CN(c1ccccn1)[PH+](N(C)c1ccccn1)N(C)c1ccccn1.F[B-](F)(F)F.F[B-](F)(F)F.F[B-](F)(F)F.F[B-](F)(F)F.[Co+2].[Co+2]. The van der Waals surface area contributed by atoms with E-state index in [4.69, 9.17) is 10.5 Å². The van der Waals surface area contributed by atoms with Gasteiger partial charge in [-0.15, -0.1) is 0 Å². The first-order chi connectivity index (χ1) is 59.6. The number of halogens is 16. The number of nitrogens with zero attached hydrogens (tertiary/aromatic N) is 26. The standard InChI is InChI=1S/4C18H21N6P.2C2H3N.4BF4.2Co/c4*1-22(16-10-4-7-13-19-16)25(23(2)17-11-5-8-14-20-17)24(3)18-12-6-9-15-21-18;2*1-2-3;4*2-1(3,4)5;;/h4*4-15H,1-3H3;2*1H3;;;;;;/q;;;;;;4*-1;2*+2/p+4. The molecule has 26 nitrogen and oxygen atoms in total. The van der Waals surface area contributed by atoms with Gasteiger partial charge in [-0.1, -0.05) is 72.8 Å². The maximum Gasteiger partial charge on any atom is 2.00 e. The predicted molar refractivity (Wildman–Crippen MR) is 488 cm³/mol. The van der Waals surface area contributed by atoms with Gasteiger partial charge in [-0.3, -0.25) is 0 Å². The zero-order chi connectivity index (χ0) is 94.0. The average Bonchev–Trinajstić information content (AvgIpc) is 0.822. The second-order valence-corrected chi connectivity index (χ2v) is 35.0. The van der Waals surface area contributed by atoms with Gasteiger partial charge in [0, 0.05) is 173 Å². The van der Waals surface area contributed by atoms with Crippen LogP contribution in [-0.4, -0.2) is 173 Å². The zero-order valence-corrected chi connectivity index (χ0v) is 77.4. The Morgan fingerprint density at radius 1 is 0.188 bits per heavy atom. The van der Waals surface area contributed by atoms with Crippen molar-refractivity contribution in [2.24, 2.45) is 0 Å². The molecule has 0 bridgehead atoms. The number of pyridine rings is 12. The molecule has 0 spiro atoms. The van der Waals surface area contributed by atoms with E-state index in [9.17, 15) is 69.1 Å². The Morgan fingerprint density at radius 2 is 0.250 bits per heavy atom. The largest absolute Gasteiger partial charge is 2.00 e. The summed E-state index contributed by atoms with van der Waals surface area (Å²) in [6, 6.07) is 74.8. The van der Waals surface area contributed by atoms with Crippen molar-refractivity contribution < 1.29 is 103 Å². The number of anilines is 12. The molecule has 128 heavy (non-hydrogen) atoms. The summed E-state index contributed by atoms with van der Waals surface area (Å²) in [6.07, 6.45) is 21.7. The van der Waals surface area contributed by atoms with E-state index in [1.54, 1.807) is 12.1 Å². The molecule has 0 atom stereocenters. The van der Waals surface area contributed by atoms with Crippen molar-refractivity contribution in [2.45, 2.75) is 13.8 Å². The fraction of sp³-hybridized carbons (Fsp3) is 0.184. The molecule has 12 heterocycles. The molecular formula is C76H94B4Co2F16N26P4+4. The summed E-state index contributed by atoms with van der Waals surface area (Å²) in [7, 11) is -4.91. The van der Waals surface area contributed by atoms with Gasteiger partial charge in [-0.05, 0) is 146 Å². The minimum absolute atomic E-state index is 0. The Hall–Kier alpha value is -11.7. The van der Waals surface area contributed by atoms with Crippen LogP contribution in [0.5, 0.6) is 0 Å². The number of rotatable bonds is 24. The molecule has 52 heteroatoms. The monoisotopic (exact) mass is 1960 g/mol. The first-order valence-corrected chi connectivity index (χ1v) is 42.3. The smallest absolute Gasteiger partial charge is 0.418 e. The van der Waals surface area contributed by atoms with E-state index in [0.29, 0.717) is 0 Å². The van der Waals surface area contributed by atoms with Gasteiger partial charge in [-0.2, -0.15) is 66.6 Å². The number of nitriles is 2. The summed E-state index contributed by atoms with van der Waals surface area (Å²) in [5.41, 5.74) is 0. The number of hydrogen-bond acceptors (Lipinski definition) is 26. The topological polar surface area (TPSA) is 241 Å². The molecule has 2 radical (unpaired) electrons. The van der Waals surface area contributed by atoms with Crippen molar-refractivity contribution >= 4 is 132 Å². The van der Waals surface area contributed by atoms with Crippen molar-refractivity contribution in [3.63, 3.8) is 0 Å². The van der Waals surface area contributed by atoms with Crippen LogP contribution in [0, 0.1) is 22.7 Å². The Kier molecular flexibility index (Phi) is 53.6. The summed E-state index contributed by atoms with van der Waals surface area (Å²) >= 11 is 0. The molecule has 0 aliphatic carbocycles. The molecule has 0 amide bonds. The third-order valence-electron chi connectivity index (χ3n) is 15.5. The maximum atomic E-state index is 9.75. The van der Waals surface area contributed by atoms with Crippen molar-refractivity contribution in [3.05, 3.63) is 293 Å². The van der Waals surface area contributed by atoms with Gasteiger partial charge >= 0.3 is 62.6 Å². The van der Waals surface area contributed by atoms with Crippen LogP contribution in [0.1, 0.15) is 13.8 Å². The van der Waals surface area contributed by atoms with Gasteiger partial charge in [0.1, 0.15) is 0 Å². The van der Waals surface area contributed by atoms with Crippen molar-refractivity contribution in [1.82, 2.24) is 59.8 Å². The summed E-state index contributed by atoms with van der Waals surface area (Å²) in [6.45, 7) is 2.86. The summed E-state index contributed by atoms with van der Waals surface area (Å²) in [4.78, 5) is 54.1. The summed E-state index contributed by atoms with van der Waals surface area (Å²) in [5.74, 6) is 11.0. The Bertz CT molecular complexity index is 3870. The fourth-order valence-electron chi connectivity index (χ4n) is 10.6. The summed E-state index contributed by atoms with van der Waals surface area (Å²) in [5, 5.41) is 14.6. The molecule has 0 aliphatic heterocycles. The fourth-order valence-corrected chi connectivity index (χ4v) is 20.0. The van der Waals surface area contributed by atoms with Crippen molar-refractivity contribution in [2.75, 3.05) is 141 Å². The summed E-state index contributed by atoms with van der Waals surface area (Å²) < 4.78 is 182. The van der Waals surface area contributed by atoms with Gasteiger partial charge in [0.05, 0.1) is 12.1 Å². The van der Waals surface area contributed by atoms with Gasteiger partial charge in [-0.25, -0.2) is 59.8 Å². The van der Waals surface area contributed by atoms with E-state index in [1.807, 2.05) is 293 Å². The van der Waals surface area contributed by atoms with Gasteiger partial charge < -0.3 is 69.1 Å². The van der Waals surface area contributed by atoms with Crippen molar-refractivity contribution in [3.8, 4) is 12.1 Å². The van der Waals surface area contributed by atoms with Crippen LogP contribution in [0.3, 0.4) is 0 Å². The molecule has 12 aromatic rings. The Balaban J connectivity index is 0.000000775. The van der Waals surface area contributed by atoms with E-state index in [1.165, 1.54) is 13.8 Å². The molecule has 0 saturated heterocycles. The minimum Gasteiger partial charge on any atom is -0.418 e. The first-order valence-electron chi connectivity index (χ1n) is 36.9. The van der Waals surface area contributed by atoms with Crippen LogP contribution >= 0.6 is 33.5 Å². The molecule has 0 unspecified atom stereocenters. The van der Waals surface area contributed by atoms with Gasteiger partial charge in [0.25, 0.3) is 33.5 Å². The molecule has 0 aliphatic rings. The number of aromatic nitrogens is 12. The van der Waals surface area contributed by atoms with Crippen LogP contribution in [0.15, 0.2) is 293 Å². The van der Waals surface area contributed by atoms with E-state index in [-0.39, 0.29) is 33.6 Å². The third-order valence-corrected chi connectivity index (χ3v) is 25.5. The third kappa shape index (κ3) is 45.1. The second kappa shape index (κ2) is 60.1. The normalized spacial score (nSPS) is 10.2. The zero-order valence-electron chi connectivity index (χ0n) is 71.4. The second-order valence-electron chi connectivity index (χ2n) is 24.6. The van der Waals surface area contributed by atoms with Crippen LogP contribution in [0.2, 0.25) is 0 Å². The van der Waals surface area contributed by atoms with Crippen LogP contribution in [0.25, 0.3) is 0 Å². The molecule has 12 rings (SSSR count). The van der Waals surface area contributed by atoms with Gasteiger partial charge in [0.2, 0.25) is 0 Å². The molecule has 0 fully saturated rings. The van der Waals surface area contributed by atoms with Crippen molar-refractivity contribution in [1.29, 1.82) is 10.5 Å². The molecule has 0 saturated carbocycles. The molecule has 686 valence electrons. The van der Waals surface area contributed by atoms with E-state index < -0.39 is 62.5 Å². The molecule has 0 aromatic carbocycles. The minimum atomic E-state index is -6.00. The Labute approximate surface area is 760 Å². The number of hydrogen-bond donors (Lipinski definition) is 0. The van der Waals surface area contributed by atoms with E-state index in [2.05, 4.69) is 200 Å². The van der Waals surface area contributed by atoms with E-state index in [0.717, 1.165) is 69.8 Å². The average molecular weight is 1960 g/mol. The molecule has 0 N–H and O–H groups in total. The van der Waals surface area contributed by atoms with Crippen LogP contribution in [0.4, 0.5) is 139 Å². The van der Waals surface area contributed by atoms with Crippen LogP contribution in [-0.2, 0) is 33.6 Å². The van der Waals surface area contributed by atoms with E-state index >= 15 is 0 Å². The quantitative estimate of drug-likeness (QED) is 0.0310.